The van der Waals surface area contributed by atoms with Crippen LogP contribution in [0.25, 0.3) is 0 Å². The van der Waals surface area contributed by atoms with Crippen molar-refractivity contribution in [2.75, 3.05) is 6.54 Å². The van der Waals surface area contributed by atoms with Gasteiger partial charge in [-0.1, -0.05) is 40.9 Å². The average molecular weight is 511 g/mol. The van der Waals surface area contributed by atoms with Crippen molar-refractivity contribution >= 4 is 40.7 Å². The summed E-state index contributed by atoms with van der Waals surface area (Å²) >= 11 is 17.8. The Balaban J connectivity index is 1.49. The fourth-order valence-electron chi connectivity index (χ4n) is 2.75. The second-order valence-corrected chi connectivity index (χ2v) is 7.84. The molecule has 0 spiro atoms. The maximum atomic E-state index is 12.9. The van der Waals surface area contributed by atoms with Gasteiger partial charge in [-0.05, 0) is 31.5 Å². The van der Waals surface area contributed by atoms with E-state index in [1.807, 2.05) is 0 Å². The topological polar surface area (TPSA) is 74.0 Å². The molecule has 0 radical (unpaired) electrons. The second kappa shape index (κ2) is 10.0. The van der Waals surface area contributed by atoms with Crippen molar-refractivity contribution in [1.29, 1.82) is 0 Å². The fraction of sp³-hybridized carbons (Fsp3) is 0.316. The molecule has 13 heteroatoms. The summed E-state index contributed by atoms with van der Waals surface area (Å²) in [6, 6.07) is 6.45. The number of hydrogen-bond acceptors (Lipinski definition) is 4. The zero-order valence-corrected chi connectivity index (χ0v) is 18.9. The third-order valence-electron chi connectivity index (χ3n) is 4.37. The van der Waals surface area contributed by atoms with Crippen LogP contribution in [0.1, 0.15) is 28.3 Å². The van der Waals surface area contributed by atoms with Crippen molar-refractivity contribution in [1.82, 2.24) is 24.9 Å². The molecule has 7 nitrogen and oxygen atoms in total. The standard InChI is InChI=1S/C19H17Cl3F3N5O2/c1-11-15(22)17(19(23,24)25)28-30(11)8-3-7-26-18(31)14-6-9-29(27-14)10-32-16-12(20)4-2-5-13(16)21/h2,4-6,9H,3,7-8,10H2,1H3,(H,26,31). The molecule has 0 aliphatic heterocycles. The van der Waals surface area contributed by atoms with Crippen molar-refractivity contribution < 1.29 is 22.7 Å². The molecule has 1 N–H and O–H groups in total. The molecule has 3 aromatic rings. The third kappa shape index (κ3) is 5.67. The lowest BCUT2D eigenvalue weighted by Gasteiger charge is -2.09. The van der Waals surface area contributed by atoms with Crippen LogP contribution in [-0.2, 0) is 19.5 Å². The Hall–Kier alpha value is -2.43. The number of alkyl halides is 3. The van der Waals surface area contributed by atoms with Crippen molar-refractivity contribution in [3.8, 4) is 5.75 Å². The first-order chi connectivity index (χ1) is 15.1. The number of para-hydroxylation sites is 1. The van der Waals surface area contributed by atoms with E-state index in [4.69, 9.17) is 39.5 Å². The summed E-state index contributed by atoms with van der Waals surface area (Å²) in [7, 11) is 0. The molecule has 0 unspecified atom stereocenters. The van der Waals surface area contributed by atoms with E-state index in [9.17, 15) is 18.0 Å². The third-order valence-corrected chi connectivity index (χ3v) is 5.42. The number of nitrogens with one attached hydrogen (secondary N) is 1. The molecular formula is C19H17Cl3F3N5O2. The van der Waals surface area contributed by atoms with Crippen LogP contribution in [0.4, 0.5) is 13.2 Å². The van der Waals surface area contributed by atoms with Crippen LogP contribution in [-0.4, -0.2) is 32.0 Å². The highest BCUT2D eigenvalue weighted by Crippen LogP contribution is 2.35. The van der Waals surface area contributed by atoms with Gasteiger partial charge in [0.05, 0.1) is 20.8 Å². The van der Waals surface area contributed by atoms with E-state index in [-0.39, 0.29) is 31.2 Å². The molecule has 0 saturated heterocycles. The first-order valence-electron chi connectivity index (χ1n) is 9.26. The summed E-state index contributed by atoms with van der Waals surface area (Å²) in [5.74, 6) is -0.134. The van der Waals surface area contributed by atoms with Crippen LogP contribution >= 0.6 is 34.8 Å². The molecule has 2 aromatic heterocycles. The van der Waals surface area contributed by atoms with Crippen LogP contribution in [0.2, 0.25) is 15.1 Å². The Kier molecular flexibility index (Phi) is 7.58. The number of carbonyl (C=O) groups is 1. The Bertz CT molecular complexity index is 1090. The van der Waals surface area contributed by atoms with Gasteiger partial charge in [-0.3, -0.25) is 9.48 Å². The van der Waals surface area contributed by atoms with Gasteiger partial charge in [-0.2, -0.15) is 23.4 Å². The lowest BCUT2D eigenvalue weighted by molar-refractivity contribution is -0.141. The quantitative estimate of drug-likeness (QED) is 0.422. The van der Waals surface area contributed by atoms with E-state index in [2.05, 4.69) is 15.5 Å². The molecule has 3 rings (SSSR count). The first-order valence-corrected chi connectivity index (χ1v) is 10.4. The largest absolute Gasteiger partial charge is 0.468 e. The number of rotatable bonds is 8. The molecule has 0 fully saturated rings. The minimum Gasteiger partial charge on any atom is -0.468 e. The Morgan fingerprint density at radius 1 is 1.16 bits per heavy atom. The number of halogens is 6. The summed E-state index contributed by atoms with van der Waals surface area (Å²) in [6.45, 7) is 1.80. The van der Waals surface area contributed by atoms with E-state index in [0.29, 0.717) is 22.2 Å². The van der Waals surface area contributed by atoms with Crippen LogP contribution in [0.15, 0.2) is 30.5 Å². The van der Waals surface area contributed by atoms with Crippen LogP contribution < -0.4 is 10.1 Å². The fourth-order valence-corrected chi connectivity index (χ4v) is 3.50. The summed E-state index contributed by atoms with van der Waals surface area (Å²) in [6.07, 6.45) is -2.73. The van der Waals surface area contributed by atoms with Gasteiger partial charge in [0.1, 0.15) is 5.69 Å². The van der Waals surface area contributed by atoms with Gasteiger partial charge in [0.25, 0.3) is 5.91 Å². The monoisotopic (exact) mass is 509 g/mol. The summed E-state index contributed by atoms with van der Waals surface area (Å²) < 4.78 is 46.7. The molecule has 0 bridgehead atoms. The maximum Gasteiger partial charge on any atom is 0.436 e. The van der Waals surface area contributed by atoms with Gasteiger partial charge in [0, 0.05) is 19.3 Å². The SMILES string of the molecule is Cc1c(Cl)c(C(F)(F)F)nn1CCCNC(=O)c1ccn(COc2c(Cl)cccc2Cl)n1. The van der Waals surface area contributed by atoms with Gasteiger partial charge in [-0.15, -0.1) is 0 Å². The number of ether oxygens (including phenoxy) is 1. The summed E-state index contributed by atoms with van der Waals surface area (Å²) in [5, 5.41) is 10.5. The van der Waals surface area contributed by atoms with E-state index in [1.54, 1.807) is 24.4 Å². The normalized spacial score (nSPS) is 11.6. The molecule has 2 heterocycles. The number of aryl methyl sites for hydroxylation is 1. The van der Waals surface area contributed by atoms with E-state index in [1.165, 1.54) is 22.4 Å². The Labute approximate surface area is 196 Å². The molecule has 32 heavy (non-hydrogen) atoms. The lowest BCUT2D eigenvalue weighted by atomic mass is 10.3. The van der Waals surface area contributed by atoms with E-state index < -0.39 is 22.8 Å². The number of aromatic nitrogens is 4. The Morgan fingerprint density at radius 3 is 2.47 bits per heavy atom. The summed E-state index contributed by atoms with van der Waals surface area (Å²) in [4.78, 5) is 12.2. The minimum absolute atomic E-state index is 0.0163. The zero-order valence-electron chi connectivity index (χ0n) is 16.6. The number of carbonyl (C=O) groups excluding carboxylic acids is 1. The second-order valence-electron chi connectivity index (χ2n) is 6.64. The molecule has 0 saturated carbocycles. The molecule has 0 aliphatic rings. The number of hydrogen-bond donors (Lipinski definition) is 1. The van der Waals surface area contributed by atoms with E-state index >= 15 is 0 Å². The number of nitrogens with zero attached hydrogens (tertiary/aromatic N) is 4. The maximum absolute atomic E-state index is 12.9. The van der Waals surface area contributed by atoms with Crippen LogP contribution in [0, 0.1) is 6.92 Å². The molecule has 0 atom stereocenters. The van der Waals surface area contributed by atoms with E-state index in [0.717, 1.165) is 0 Å². The number of amides is 1. The molecule has 1 aromatic carbocycles. The highest BCUT2D eigenvalue weighted by molar-refractivity contribution is 6.37. The lowest BCUT2D eigenvalue weighted by Crippen LogP contribution is -2.26. The predicted octanol–water partition coefficient (Wildman–Crippen LogP) is 5.22. The molecular weight excluding hydrogens is 494 g/mol. The molecule has 1 amide bonds. The summed E-state index contributed by atoms with van der Waals surface area (Å²) in [5.41, 5.74) is -0.759. The molecule has 172 valence electrons. The van der Waals surface area contributed by atoms with Gasteiger partial charge in [0.2, 0.25) is 0 Å². The predicted molar refractivity (Wildman–Crippen MR) is 113 cm³/mol. The molecule has 0 aliphatic carbocycles. The highest BCUT2D eigenvalue weighted by Gasteiger charge is 2.38. The van der Waals surface area contributed by atoms with Crippen molar-refractivity contribution in [3.05, 3.63) is 62.6 Å². The van der Waals surface area contributed by atoms with Crippen molar-refractivity contribution in [2.45, 2.75) is 32.8 Å². The van der Waals surface area contributed by atoms with Crippen LogP contribution in [0.5, 0.6) is 5.75 Å². The Morgan fingerprint density at radius 2 is 1.84 bits per heavy atom. The van der Waals surface area contributed by atoms with Crippen molar-refractivity contribution in [3.63, 3.8) is 0 Å². The number of benzene rings is 1. The van der Waals surface area contributed by atoms with Gasteiger partial charge >= 0.3 is 6.18 Å². The first kappa shape index (κ1) is 24.2. The average Bonchev–Trinajstić information content (AvgIpc) is 3.30. The minimum atomic E-state index is -4.62. The van der Waals surface area contributed by atoms with Gasteiger partial charge < -0.3 is 10.1 Å². The van der Waals surface area contributed by atoms with Gasteiger partial charge in [0.15, 0.2) is 18.2 Å². The smallest absolute Gasteiger partial charge is 0.436 e. The van der Waals surface area contributed by atoms with Crippen molar-refractivity contribution in [2.24, 2.45) is 0 Å². The highest BCUT2D eigenvalue weighted by atomic mass is 35.5. The zero-order chi connectivity index (χ0) is 23.5. The van der Waals surface area contributed by atoms with Gasteiger partial charge in [-0.25, -0.2) is 4.68 Å². The van der Waals surface area contributed by atoms with Crippen LogP contribution in [0.3, 0.4) is 0 Å².